The van der Waals surface area contributed by atoms with E-state index in [1.165, 1.54) is 0 Å². The first-order valence-electron chi connectivity index (χ1n) is 7.62. The molecule has 4 heteroatoms. The zero-order valence-electron chi connectivity index (χ0n) is 12.6. The lowest BCUT2D eigenvalue weighted by Crippen LogP contribution is -2.35. The van der Waals surface area contributed by atoms with E-state index in [1.54, 1.807) is 24.3 Å². The average Bonchev–Trinajstić information content (AvgIpc) is 2.60. The molecule has 3 aromatic rings. The predicted octanol–water partition coefficient (Wildman–Crippen LogP) is 2.60. The van der Waals surface area contributed by atoms with Gasteiger partial charge in [0.25, 0.3) is 0 Å². The van der Waals surface area contributed by atoms with Crippen LogP contribution in [0.1, 0.15) is 11.1 Å². The van der Waals surface area contributed by atoms with Gasteiger partial charge in [-0.15, -0.1) is 0 Å². The number of sulfone groups is 1. The molecule has 0 saturated heterocycles. The third kappa shape index (κ3) is 1.74. The zero-order chi connectivity index (χ0) is 16.3. The molecule has 2 heterocycles. The second kappa shape index (κ2) is 4.58. The number of rotatable bonds is 0. The van der Waals surface area contributed by atoms with Gasteiger partial charge in [0.1, 0.15) is 11.5 Å². The molecule has 0 saturated carbocycles. The van der Waals surface area contributed by atoms with Crippen LogP contribution in [0.3, 0.4) is 0 Å². The average molecular weight is 332 g/mol. The summed E-state index contributed by atoms with van der Waals surface area (Å²) in [5.74, 6) is 1.46. The molecule has 0 amide bonds. The van der Waals surface area contributed by atoms with Crippen LogP contribution in [0.5, 0.6) is 11.5 Å². The Hall–Kier alpha value is -2.85. The summed E-state index contributed by atoms with van der Waals surface area (Å²) in [5.41, 5.74) is 1.66. The molecule has 0 bridgehead atoms. The molecule has 3 nitrogen and oxygen atoms in total. The zero-order valence-corrected chi connectivity index (χ0v) is 13.4. The van der Waals surface area contributed by atoms with Crippen LogP contribution in [-0.4, -0.2) is 8.42 Å². The molecule has 116 valence electrons. The van der Waals surface area contributed by atoms with E-state index in [-0.39, 0.29) is 0 Å². The monoisotopic (exact) mass is 332 g/mol. The standard InChI is InChI=1S/C20H12O3S/c21-24(22)19-8-4-2-6-14(19)12-16-15-11-13-5-1-3-7-17(13)23-18(15)9-10-20(16)24/h1-12H. The Bertz CT molecular complexity index is 1240. The van der Waals surface area contributed by atoms with Gasteiger partial charge in [-0.3, -0.25) is 0 Å². The van der Waals surface area contributed by atoms with E-state index in [4.69, 9.17) is 4.74 Å². The van der Waals surface area contributed by atoms with Crippen molar-refractivity contribution in [1.29, 1.82) is 0 Å². The summed E-state index contributed by atoms with van der Waals surface area (Å²) in [4.78, 5) is 0.689. The Morgan fingerprint density at radius 2 is 1.33 bits per heavy atom. The van der Waals surface area contributed by atoms with Gasteiger partial charge in [-0.25, -0.2) is 8.42 Å². The van der Waals surface area contributed by atoms with Crippen LogP contribution >= 0.6 is 0 Å². The first-order chi connectivity index (χ1) is 11.6. The van der Waals surface area contributed by atoms with Gasteiger partial charge < -0.3 is 4.74 Å². The van der Waals surface area contributed by atoms with Crippen molar-refractivity contribution in [2.45, 2.75) is 9.79 Å². The second-order valence-electron chi connectivity index (χ2n) is 5.86. The van der Waals surface area contributed by atoms with Crippen molar-refractivity contribution < 1.29 is 13.2 Å². The highest BCUT2D eigenvalue weighted by Crippen LogP contribution is 2.30. The van der Waals surface area contributed by atoms with Gasteiger partial charge in [0.15, 0.2) is 0 Å². The fraction of sp³-hybridized carbons (Fsp3) is 0. The van der Waals surface area contributed by atoms with E-state index in [9.17, 15) is 8.42 Å². The van der Waals surface area contributed by atoms with Crippen LogP contribution in [0.2, 0.25) is 0 Å². The van der Waals surface area contributed by atoms with Gasteiger partial charge in [0.2, 0.25) is 9.84 Å². The minimum absolute atomic E-state index is 0.333. The minimum atomic E-state index is -3.52. The summed E-state index contributed by atoms with van der Waals surface area (Å²) in [6.45, 7) is 0. The van der Waals surface area contributed by atoms with E-state index < -0.39 is 9.84 Å². The third-order valence-corrected chi connectivity index (χ3v) is 6.33. The maximum absolute atomic E-state index is 13.0. The molecule has 0 N–H and O–H groups in total. The fourth-order valence-electron chi connectivity index (χ4n) is 3.30. The summed E-state index contributed by atoms with van der Waals surface area (Å²) in [7, 11) is -3.52. The van der Waals surface area contributed by atoms with Crippen LogP contribution in [0, 0.1) is 0 Å². The van der Waals surface area contributed by atoms with Crippen LogP contribution in [0.25, 0.3) is 12.2 Å². The summed E-state index contributed by atoms with van der Waals surface area (Å²) < 4.78 is 31.9. The Kier molecular flexibility index (Phi) is 2.59. The molecule has 5 rings (SSSR count). The smallest absolute Gasteiger partial charge is 0.207 e. The molecule has 0 unspecified atom stereocenters. The maximum atomic E-state index is 13.0. The lowest BCUT2D eigenvalue weighted by atomic mass is 10.1. The number of hydrogen-bond donors (Lipinski definition) is 0. The van der Waals surface area contributed by atoms with E-state index in [0.717, 1.165) is 16.5 Å². The van der Waals surface area contributed by atoms with Crippen molar-refractivity contribution >= 4 is 22.0 Å². The molecule has 0 fully saturated rings. The van der Waals surface area contributed by atoms with Gasteiger partial charge in [0, 0.05) is 16.0 Å². The predicted molar refractivity (Wildman–Crippen MR) is 91.2 cm³/mol. The minimum Gasteiger partial charge on any atom is -0.456 e. The van der Waals surface area contributed by atoms with E-state index in [2.05, 4.69) is 0 Å². The number of benzene rings is 3. The topological polar surface area (TPSA) is 43.4 Å². The van der Waals surface area contributed by atoms with Crippen molar-refractivity contribution in [2.75, 3.05) is 0 Å². The highest BCUT2D eigenvalue weighted by Gasteiger charge is 2.27. The third-order valence-electron chi connectivity index (χ3n) is 4.44. The molecule has 0 aliphatic carbocycles. The first kappa shape index (κ1) is 13.6. The van der Waals surface area contributed by atoms with Crippen LogP contribution in [0.4, 0.5) is 0 Å². The molecular formula is C20H12O3S. The molecule has 0 radical (unpaired) electrons. The SMILES string of the molecule is O=S1(=O)c2ccccc2C=c2c1ccc1c2=Cc2ccccc2O1. The Morgan fingerprint density at radius 1 is 0.625 bits per heavy atom. The molecule has 0 spiro atoms. The molecule has 24 heavy (non-hydrogen) atoms. The largest absolute Gasteiger partial charge is 0.456 e. The normalized spacial score (nSPS) is 15.5. The Morgan fingerprint density at radius 3 is 2.21 bits per heavy atom. The van der Waals surface area contributed by atoms with Crippen LogP contribution in [-0.2, 0) is 9.84 Å². The summed E-state index contributed by atoms with van der Waals surface area (Å²) in [5, 5.41) is 1.50. The maximum Gasteiger partial charge on any atom is 0.207 e. The summed E-state index contributed by atoms with van der Waals surface area (Å²) in [6.07, 6.45) is 3.92. The molecule has 2 aliphatic heterocycles. The molecule has 0 aromatic heterocycles. The number of fused-ring (bicyclic) bond motifs is 5. The Labute approximate surface area is 139 Å². The highest BCUT2D eigenvalue weighted by molar-refractivity contribution is 7.91. The van der Waals surface area contributed by atoms with Crippen molar-refractivity contribution in [3.05, 3.63) is 82.2 Å². The number of ether oxygens (including phenoxy) is 1. The molecule has 2 aliphatic rings. The second-order valence-corrected chi connectivity index (χ2v) is 7.75. The van der Waals surface area contributed by atoms with Gasteiger partial charge in [-0.2, -0.15) is 0 Å². The van der Waals surface area contributed by atoms with Crippen molar-refractivity contribution in [2.24, 2.45) is 0 Å². The number of para-hydroxylation sites is 1. The van der Waals surface area contributed by atoms with Gasteiger partial charge in [-0.1, -0.05) is 36.4 Å². The van der Waals surface area contributed by atoms with Crippen LogP contribution in [0.15, 0.2) is 70.5 Å². The molecular weight excluding hydrogens is 320 g/mol. The quantitative estimate of drug-likeness (QED) is 0.438. The lowest BCUT2D eigenvalue weighted by molar-refractivity contribution is 0.472. The highest BCUT2D eigenvalue weighted by atomic mass is 32.2. The van der Waals surface area contributed by atoms with Gasteiger partial charge in [0.05, 0.1) is 9.79 Å². The first-order valence-corrected chi connectivity index (χ1v) is 9.10. The van der Waals surface area contributed by atoms with Gasteiger partial charge in [-0.05, 0) is 42.0 Å². The van der Waals surface area contributed by atoms with E-state index in [1.807, 2.05) is 48.6 Å². The van der Waals surface area contributed by atoms with Crippen molar-refractivity contribution in [1.82, 2.24) is 0 Å². The summed E-state index contributed by atoms with van der Waals surface area (Å²) in [6, 6.07) is 18.2. The van der Waals surface area contributed by atoms with Gasteiger partial charge >= 0.3 is 0 Å². The Balaban J connectivity index is 1.96. The van der Waals surface area contributed by atoms with Crippen molar-refractivity contribution in [3.8, 4) is 11.5 Å². The molecule has 0 atom stereocenters. The lowest BCUT2D eigenvalue weighted by Gasteiger charge is -2.19. The van der Waals surface area contributed by atoms with E-state index >= 15 is 0 Å². The summed E-state index contributed by atoms with van der Waals surface area (Å²) >= 11 is 0. The van der Waals surface area contributed by atoms with Crippen molar-refractivity contribution in [3.63, 3.8) is 0 Å². The number of hydrogen-bond acceptors (Lipinski definition) is 3. The van der Waals surface area contributed by atoms with Crippen LogP contribution < -0.4 is 15.2 Å². The van der Waals surface area contributed by atoms with E-state index in [0.29, 0.717) is 26.3 Å². The fourth-order valence-corrected chi connectivity index (χ4v) is 4.94. The molecule has 3 aromatic carbocycles.